The third-order valence-corrected chi connectivity index (χ3v) is 4.45. The first-order valence-electron chi connectivity index (χ1n) is 7.88. The summed E-state index contributed by atoms with van der Waals surface area (Å²) in [4.78, 5) is 12.4. The number of carbonyl (C=O) groups excluding carboxylic acids is 1. The van der Waals surface area contributed by atoms with Crippen molar-refractivity contribution < 1.29 is 9.53 Å². The number of rotatable bonds is 6. The van der Waals surface area contributed by atoms with Crippen LogP contribution in [0.2, 0.25) is 0 Å². The number of nitrogen functional groups attached to an aromatic ring is 1. The second-order valence-electron chi connectivity index (χ2n) is 5.94. The predicted molar refractivity (Wildman–Crippen MR) is 86.4 cm³/mol. The monoisotopic (exact) mass is 290 g/mol. The van der Waals surface area contributed by atoms with Gasteiger partial charge < -0.3 is 15.8 Å². The summed E-state index contributed by atoms with van der Waals surface area (Å²) in [6, 6.07) is 5.36. The van der Waals surface area contributed by atoms with E-state index in [0.29, 0.717) is 11.4 Å². The fourth-order valence-electron chi connectivity index (χ4n) is 3.16. The number of benzene rings is 1. The summed E-state index contributed by atoms with van der Waals surface area (Å²) < 4.78 is 5.12. The van der Waals surface area contributed by atoms with Gasteiger partial charge in [0.25, 0.3) is 0 Å². The van der Waals surface area contributed by atoms with Gasteiger partial charge in [0.1, 0.15) is 5.75 Å². The number of nitrogens with two attached hydrogens (primary N) is 1. The van der Waals surface area contributed by atoms with Crippen LogP contribution in [0.1, 0.15) is 45.4 Å². The Balaban J connectivity index is 1.96. The summed E-state index contributed by atoms with van der Waals surface area (Å²) in [5.41, 5.74) is 7.15. The van der Waals surface area contributed by atoms with Gasteiger partial charge in [0, 0.05) is 11.6 Å². The van der Waals surface area contributed by atoms with E-state index in [1.54, 1.807) is 19.2 Å². The molecule has 1 atom stereocenters. The second kappa shape index (κ2) is 7.34. The Labute approximate surface area is 127 Å². The number of methoxy groups -OCH3 is 1. The van der Waals surface area contributed by atoms with Gasteiger partial charge >= 0.3 is 0 Å². The van der Waals surface area contributed by atoms with Gasteiger partial charge in [-0.1, -0.05) is 32.6 Å². The van der Waals surface area contributed by atoms with Gasteiger partial charge in [-0.05, 0) is 37.0 Å². The number of anilines is 2. The van der Waals surface area contributed by atoms with E-state index in [1.165, 1.54) is 25.7 Å². The molecule has 21 heavy (non-hydrogen) atoms. The number of ether oxygens (including phenoxy) is 1. The van der Waals surface area contributed by atoms with Crippen molar-refractivity contribution in [3.8, 4) is 5.75 Å². The van der Waals surface area contributed by atoms with Crippen molar-refractivity contribution in [2.45, 2.75) is 45.4 Å². The van der Waals surface area contributed by atoms with Crippen LogP contribution >= 0.6 is 0 Å². The van der Waals surface area contributed by atoms with E-state index < -0.39 is 0 Å². The van der Waals surface area contributed by atoms with Crippen molar-refractivity contribution in [1.29, 1.82) is 0 Å². The molecule has 0 aliphatic heterocycles. The molecule has 1 saturated carbocycles. The van der Waals surface area contributed by atoms with Gasteiger partial charge in [-0.25, -0.2) is 0 Å². The second-order valence-corrected chi connectivity index (χ2v) is 5.94. The molecule has 0 heterocycles. The van der Waals surface area contributed by atoms with Crippen molar-refractivity contribution >= 4 is 17.3 Å². The summed E-state index contributed by atoms with van der Waals surface area (Å²) in [5, 5.41) is 2.98. The van der Waals surface area contributed by atoms with E-state index in [4.69, 9.17) is 10.5 Å². The molecule has 1 fully saturated rings. The smallest absolute Gasteiger partial charge is 0.227 e. The maximum Gasteiger partial charge on any atom is 0.227 e. The molecule has 0 bridgehead atoms. The van der Waals surface area contributed by atoms with E-state index >= 15 is 0 Å². The van der Waals surface area contributed by atoms with Crippen molar-refractivity contribution in [2.75, 3.05) is 18.2 Å². The molecule has 1 aromatic rings. The Hall–Kier alpha value is -1.71. The highest BCUT2D eigenvalue weighted by molar-refractivity contribution is 5.93. The molecule has 116 valence electrons. The van der Waals surface area contributed by atoms with Crippen LogP contribution in [0.3, 0.4) is 0 Å². The van der Waals surface area contributed by atoms with Crippen LogP contribution in [-0.4, -0.2) is 13.0 Å². The van der Waals surface area contributed by atoms with Crippen molar-refractivity contribution in [1.82, 2.24) is 0 Å². The Morgan fingerprint density at radius 3 is 2.71 bits per heavy atom. The molecule has 4 nitrogen and oxygen atoms in total. The van der Waals surface area contributed by atoms with Crippen LogP contribution < -0.4 is 15.8 Å². The Morgan fingerprint density at radius 1 is 1.43 bits per heavy atom. The lowest BCUT2D eigenvalue weighted by atomic mass is 9.91. The minimum Gasteiger partial charge on any atom is -0.495 e. The van der Waals surface area contributed by atoms with Gasteiger partial charge in [-0.3, -0.25) is 4.79 Å². The molecule has 0 saturated heterocycles. The summed E-state index contributed by atoms with van der Waals surface area (Å²) in [7, 11) is 1.58. The van der Waals surface area contributed by atoms with Gasteiger partial charge in [-0.2, -0.15) is 0 Å². The molecular formula is C17H26N2O2. The fraction of sp³-hybridized carbons (Fsp3) is 0.588. The van der Waals surface area contributed by atoms with Gasteiger partial charge in [-0.15, -0.1) is 0 Å². The minimum atomic E-state index is 0.0939. The molecule has 0 aromatic heterocycles. The molecular weight excluding hydrogens is 264 g/mol. The maximum atomic E-state index is 12.4. The normalized spacial score (nSPS) is 16.7. The SMILES string of the molecule is CCC(CC1CCCC1)C(=O)Nc1ccc(OC)c(N)c1. The van der Waals surface area contributed by atoms with E-state index in [1.807, 2.05) is 6.07 Å². The van der Waals surface area contributed by atoms with E-state index in [-0.39, 0.29) is 11.8 Å². The summed E-state index contributed by atoms with van der Waals surface area (Å²) in [6.07, 6.45) is 7.08. The molecule has 0 spiro atoms. The maximum absolute atomic E-state index is 12.4. The molecule has 4 heteroatoms. The lowest BCUT2D eigenvalue weighted by molar-refractivity contribution is -0.120. The van der Waals surface area contributed by atoms with Gasteiger partial charge in [0.2, 0.25) is 5.91 Å². The number of hydrogen-bond donors (Lipinski definition) is 2. The van der Waals surface area contributed by atoms with E-state index in [2.05, 4.69) is 12.2 Å². The van der Waals surface area contributed by atoms with Gasteiger partial charge in [0.05, 0.1) is 12.8 Å². The largest absolute Gasteiger partial charge is 0.495 e. The third-order valence-electron chi connectivity index (χ3n) is 4.45. The first-order chi connectivity index (χ1) is 10.1. The van der Waals surface area contributed by atoms with E-state index in [0.717, 1.165) is 24.4 Å². The Kier molecular flexibility index (Phi) is 5.48. The quantitative estimate of drug-likeness (QED) is 0.783. The number of hydrogen-bond acceptors (Lipinski definition) is 3. The minimum absolute atomic E-state index is 0.0939. The molecule has 1 aliphatic carbocycles. The third kappa shape index (κ3) is 4.13. The molecule has 3 N–H and O–H groups in total. The van der Waals surface area contributed by atoms with Crippen LogP contribution in [0.5, 0.6) is 5.75 Å². The van der Waals surface area contributed by atoms with Crippen LogP contribution in [0.15, 0.2) is 18.2 Å². The highest BCUT2D eigenvalue weighted by Crippen LogP contribution is 2.32. The zero-order chi connectivity index (χ0) is 15.2. The summed E-state index contributed by atoms with van der Waals surface area (Å²) in [5.74, 6) is 1.55. The highest BCUT2D eigenvalue weighted by Gasteiger charge is 2.24. The van der Waals surface area contributed by atoms with E-state index in [9.17, 15) is 4.79 Å². The summed E-state index contributed by atoms with van der Waals surface area (Å²) >= 11 is 0. The lowest BCUT2D eigenvalue weighted by Crippen LogP contribution is -2.24. The molecule has 1 aliphatic rings. The number of amides is 1. The Morgan fingerprint density at radius 2 is 2.14 bits per heavy atom. The zero-order valence-electron chi connectivity index (χ0n) is 13.0. The van der Waals surface area contributed by atoms with Crippen LogP contribution in [0, 0.1) is 11.8 Å². The molecule has 1 aromatic carbocycles. The van der Waals surface area contributed by atoms with Crippen molar-refractivity contribution in [2.24, 2.45) is 11.8 Å². The van der Waals surface area contributed by atoms with Crippen LogP contribution in [0.4, 0.5) is 11.4 Å². The van der Waals surface area contributed by atoms with Crippen LogP contribution in [-0.2, 0) is 4.79 Å². The zero-order valence-corrected chi connectivity index (χ0v) is 13.0. The summed E-state index contributed by atoms with van der Waals surface area (Å²) in [6.45, 7) is 2.08. The van der Waals surface area contributed by atoms with Crippen molar-refractivity contribution in [3.05, 3.63) is 18.2 Å². The topological polar surface area (TPSA) is 64.3 Å². The molecule has 1 amide bonds. The first-order valence-corrected chi connectivity index (χ1v) is 7.88. The molecule has 0 radical (unpaired) electrons. The highest BCUT2D eigenvalue weighted by atomic mass is 16.5. The molecule has 1 unspecified atom stereocenters. The number of carbonyl (C=O) groups is 1. The fourth-order valence-corrected chi connectivity index (χ4v) is 3.16. The predicted octanol–water partition coefficient (Wildman–Crippen LogP) is 3.82. The van der Waals surface area contributed by atoms with Crippen LogP contribution in [0.25, 0.3) is 0 Å². The molecule has 2 rings (SSSR count). The Bertz CT molecular complexity index is 482. The number of nitrogens with one attached hydrogen (secondary N) is 1. The van der Waals surface area contributed by atoms with Gasteiger partial charge in [0.15, 0.2) is 0 Å². The van der Waals surface area contributed by atoms with Crippen molar-refractivity contribution in [3.63, 3.8) is 0 Å². The first kappa shape index (κ1) is 15.7. The average Bonchev–Trinajstić information content (AvgIpc) is 2.98. The average molecular weight is 290 g/mol. The lowest BCUT2D eigenvalue weighted by Gasteiger charge is -2.19. The standard InChI is InChI=1S/C17H26N2O2/c1-3-13(10-12-6-4-5-7-12)17(20)19-14-8-9-16(21-2)15(18)11-14/h8-9,11-13H,3-7,10,18H2,1-2H3,(H,19,20).